The maximum atomic E-state index is 4.77. The minimum Gasteiger partial charge on any atom is -0.364 e. The van der Waals surface area contributed by atoms with Crippen molar-refractivity contribution in [2.45, 2.75) is 40.2 Å². The fourth-order valence-corrected chi connectivity index (χ4v) is 1.54. The van der Waals surface area contributed by atoms with Gasteiger partial charge in [0.15, 0.2) is 5.96 Å². The molecule has 0 radical (unpaired) electrons. The van der Waals surface area contributed by atoms with Crippen molar-refractivity contribution in [3.63, 3.8) is 0 Å². The molecule has 110 valence electrons. The predicted octanol–water partition coefficient (Wildman–Crippen LogP) is 2.78. The van der Waals surface area contributed by atoms with Gasteiger partial charge in [0.2, 0.25) is 0 Å². The lowest BCUT2D eigenvalue weighted by molar-refractivity contribution is 0.412. The number of nitrogens with one attached hydrogen (secondary N) is 2. The van der Waals surface area contributed by atoms with Gasteiger partial charge in [-0.1, -0.05) is 19.0 Å². The van der Waals surface area contributed by atoms with Crippen molar-refractivity contribution >= 4 is 29.9 Å². The van der Waals surface area contributed by atoms with Gasteiger partial charge in [0.05, 0.1) is 6.54 Å². The third-order valence-corrected chi connectivity index (χ3v) is 2.49. The van der Waals surface area contributed by atoms with Crippen molar-refractivity contribution in [3.05, 3.63) is 18.0 Å². The first-order chi connectivity index (χ1) is 8.72. The first-order valence-corrected chi connectivity index (χ1v) is 6.63. The van der Waals surface area contributed by atoms with Crippen LogP contribution in [0.5, 0.6) is 0 Å². The summed E-state index contributed by atoms with van der Waals surface area (Å²) in [5.74, 6) is 1.59. The number of nitrogens with zero attached hydrogens (tertiary/aromatic N) is 2. The summed E-state index contributed by atoms with van der Waals surface area (Å²) in [5.41, 5.74) is 0.842. The molecule has 0 spiro atoms. The van der Waals surface area contributed by atoms with Crippen LogP contribution in [-0.2, 0) is 6.54 Å². The lowest BCUT2D eigenvalue weighted by Crippen LogP contribution is -2.37. The Morgan fingerprint density at radius 3 is 2.79 bits per heavy atom. The first-order valence-electron chi connectivity index (χ1n) is 6.63. The van der Waals surface area contributed by atoms with Crippen LogP contribution < -0.4 is 10.6 Å². The van der Waals surface area contributed by atoms with Gasteiger partial charge in [0.25, 0.3) is 0 Å². The van der Waals surface area contributed by atoms with Gasteiger partial charge < -0.3 is 15.2 Å². The molecule has 19 heavy (non-hydrogen) atoms. The van der Waals surface area contributed by atoms with Gasteiger partial charge >= 0.3 is 0 Å². The number of halogens is 1. The number of aromatic nitrogens is 1. The Balaban J connectivity index is 0.00000324. The third kappa shape index (κ3) is 8.85. The number of hydrogen-bond acceptors (Lipinski definition) is 3. The minimum atomic E-state index is 0. The van der Waals surface area contributed by atoms with E-state index in [1.807, 2.05) is 6.07 Å². The Bertz CT molecular complexity index is 338. The topological polar surface area (TPSA) is 62.5 Å². The summed E-state index contributed by atoms with van der Waals surface area (Å²) in [6.07, 6.45) is 3.95. The molecule has 1 rings (SSSR count). The maximum Gasteiger partial charge on any atom is 0.191 e. The summed E-state index contributed by atoms with van der Waals surface area (Å²) in [7, 11) is 0. The van der Waals surface area contributed by atoms with Crippen molar-refractivity contribution in [3.8, 4) is 0 Å². The molecule has 0 aliphatic carbocycles. The molecule has 5 nitrogen and oxygen atoms in total. The van der Waals surface area contributed by atoms with Crippen LogP contribution in [0.2, 0.25) is 0 Å². The second-order valence-electron chi connectivity index (χ2n) is 4.65. The van der Waals surface area contributed by atoms with Crippen LogP contribution in [-0.4, -0.2) is 24.2 Å². The average molecular weight is 380 g/mol. The second-order valence-corrected chi connectivity index (χ2v) is 4.65. The monoisotopic (exact) mass is 380 g/mol. The number of rotatable bonds is 7. The fourth-order valence-electron chi connectivity index (χ4n) is 1.54. The van der Waals surface area contributed by atoms with Gasteiger partial charge in [-0.2, -0.15) is 0 Å². The molecule has 0 saturated carbocycles. The molecule has 6 heteroatoms. The summed E-state index contributed by atoms with van der Waals surface area (Å²) in [4.78, 5) is 4.44. The van der Waals surface area contributed by atoms with Crippen LogP contribution in [0.4, 0.5) is 0 Å². The highest BCUT2D eigenvalue weighted by molar-refractivity contribution is 14.0. The van der Waals surface area contributed by atoms with E-state index < -0.39 is 0 Å². The summed E-state index contributed by atoms with van der Waals surface area (Å²) in [6, 6.07) is 1.83. The molecule has 0 unspecified atom stereocenters. The Hall–Kier alpha value is -0.790. The van der Waals surface area contributed by atoms with Gasteiger partial charge in [-0.05, 0) is 25.7 Å². The fraction of sp³-hybridized carbons (Fsp3) is 0.692. The van der Waals surface area contributed by atoms with Crippen LogP contribution in [0.1, 0.15) is 39.3 Å². The third-order valence-electron chi connectivity index (χ3n) is 2.49. The van der Waals surface area contributed by atoms with Crippen molar-refractivity contribution in [2.75, 3.05) is 13.1 Å². The lowest BCUT2D eigenvalue weighted by Gasteiger charge is -2.11. The Morgan fingerprint density at radius 2 is 2.21 bits per heavy atom. The minimum absolute atomic E-state index is 0. The van der Waals surface area contributed by atoms with E-state index in [1.165, 1.54) is 6.42 Å². The summed E-state index contributed by atoms with van der Waals surface area (Å²) >= 11 is 0. The molecule has 0 fully saturated rings. The van der Waals surface area contributed by atoms with Crippen LogP contribution in [0.15, 0.2) is 21.8 Å². The molecule has 1 heterocycles. The highest BCUT2D eigenvalue weighted by atomic mass is 127. The Morgan fingerprint density at radius 1 is 1.42 bits per heavy atom. The van der Waals surface area contributed by atoms with Crippen molar-refractivity contribution in [2.24, 2.45) is 10.9 Å². The van der Waals surface area contributed by atoms with Crippen molar-refractivity contribution in [1.29, 1.82) is 0 Å². The first kappa shape index (κ1) is 18.2. The summed E-state index contributed by atoms with van der Waals surface area (Å²) in [6.45, 7) is 8.88. The molecule has 1 aromatic rings. The quantitative estimate of drug-likeness (QED) is 0.331. The molecule has 0 aromatic carbocycles. The van der Waals surface area contributed by atoms with E-state index in [9.17, 15) is 0 Å². The maximum absolute atomic E-state index is 4.77. The highest BCUT2D eigenvalue weighted by Gasteiger charge is 1.99. The van der Waals surface area contributed by atoms with Crippen LogP contribution in [0.3, 0.4) is 0 Å². The standard InChI is InChI=1S/C13H24N4O.HI/c1-4-14-13(15-8-5-6-11(2)3)16-10-12-7-9-18-17-12;/h7,9,11H,4-6,8,10H2,1-3H3,(H2,14,15,16);1H. The molecule has 1 aromatic heterocycles. The molecule has 0 aliphatic rings. The van der Waals surface area contributed by atoms with E-state index in [4.69, 9.17) is 4.52 Å². The van der Waals surface area contributed by atoms with Gasteiger partial charge in [-0.3, -0.25) is 0 Å². The molecule has 2 N–H and O–H groups in total. The van der Waals surface area contributed by atoms with E-state index >= 15 is 0 Å². The Kier molecular flexibility index (Phi) is 10.6. The van der Waals surface area contributed by atoms with Gasteiger partial charge in [-0.15, -0.1) is 24.0 Å². The molecule has 0 atom stereocenters. The second kappa shape index (κ2) is 11.1. The van der Waals surface area contributed by atoms with Crippen molar-refractivity contribution in [1.82, 2.24) is 15.8 Å². The zero-order valence-electron chi connectivity index (χ0n) is 12.0. The number of guanidine groups is 1. The zero-order valence-corrected chi connectivity index (χ0v) is 14.3. The lowest BCUT2D eigenvalue weighted by atomic mass is 10.1. The van der Waals surface area contributed by atoms with Gasteiger partial charge in [0.1, 0.15) is 12.0 Å². The normalized spacial score (nSPS) is 11.3. The molecule has 0 amide bonds. The molecular formula is C13H25IN4O. The SMILES string of the molecule is CCNC(=NCc1ccon1)NCCCC(C)C.I. The summed E-state index contributed by atoms with van der Waals surface area (Å²) < 4.78 is 4.77. The van der Waals surface area contributed by atoms with Crippen LogP contribution in [0.25, 0.3) is 0 Å². The average Bonchev–Trinajstić information content (AvgIpc) is 2.84. The van der Waals surface area contributed by atoms with Crippen LogP contribution >= 0.6 is 24.0 Å². The van der Waals surface area contributed by atoms with E-state index in [-0.39, 0.29) is 24.0 Å². The van der Waals surface area contributed by atoms with E-state index in [2.05, 4.69) is 41.6 Å². The van der Waals surface area contributed by atoms with Crippen LogP contribution in [0, 0.1) is 5.92 Å². The van der Waals surface area contributed by atoms with Gasteiger partial charge in [-0.25, -0.2) is 4.99 Å². The van der Waals surface area contributed by atoms with Crippen molar-refractivity contribution < 1.29 is 4.52 Å². The molecule has 0 aliphatic heterocycles. The highest BCUT2D eigenvalue weighted by Crippen LogP contribution is 2.01. The molecule has 0 bridgehead atoms. The number of aliphatic imine (C=N–C) groups is 1. The largest absolute Gasteiger partial charge is 0.364 e. The van der Waals surface area contributed by atoms with Gasteiger partial charge in [0, 0.05) is 19.2 Å². The zero-order chi connectivity index (χ0) is 13.2. The Labute approximate surface area is 132 Å². The molecular weight excluding hydrogens is 355 g/mol. The number of hydrogen-bond donors (Lipinski definition) is 2. The molecule has 0 saturated heterocycles. The van der Waals surface area contributed by atoms with E-state index in [1.54, 1.807) is 6.26 Å². The van der Waals surface area contributed by atoms with E-state index in [0.717, 1.165) is 37.1 Å². The van der Waals surface area contributed by atoms with E-state index in [0.29, 0.717) is 6.54 Å². The summed E-state index contributed by atoms with van der Waals surface area (Å²) in [5, 5.41) is 10.4. The smallest absolute Gasteiger partial charge is 0.191 e. The predicted molar refractivity (Wildman–Crippen MR) is 88.8 cm³/mol.